The van der Waals surface area contributed by atoms with Gasteiger partial charge < -0.3 is 0 Å². The zero-order valence-electron chi connectivity index (χ0n) is 5.07. The topological polar surface area (TPSA) is 0 Å². The molecular formula is C6H3ClFIZn. The molecule has 0 aliphatic carbocycles. The van der Waals surface area contributed by atoms with Crippen molar-refractivity contribution in [2.75, 3.05) is 0 Å². The summed E-state index contributed by atoms with van der Waals surface area (Å²) in [5.74, 6) is -0.249. The van der Waals surface area contributed by atoms with E-state index < -0.39 is 13.6 Å². The minimum absolute atomic E-state index is 0.249. The van der Waals surface area contributed by atoms with Crippen LogP contribution < -0.4 is 4.16 Å². The van der Waals surface area contributed by atoms with Crippen molar-refractivity contribution >= 4 is 35.5 Å². The molecule has 1 rings (SSSR count). The second-order valence-electron chi connectivity index (χ2n) is 1.87. The molecule has 0 aliphatic rings. The number of halogens is 3. The third-order valence-corrected chi connectivity index (χ3v) is 8.15. The van der Waals surface area contributed by atoms with Gasteiger partial charge in [-0.2, -0.15) is 0 Å². The molecular weight excluding hydrogens is 319 g/mol. The van der Waals surface area contributed by atoms with Gasteiger partial charge in [0.2, 0.25) is 0 Å². The molecule has 0 aromatic heterocycles. The molecule has 0 spiro atoms. The molecule has 1 aromatic rings. The van der Waals surface area contributed by atoms with E-state index in [1.807, 2.05) is 0 Å². The Balaban J connectivity index is 3.07. The average Bonchev–Trinajstić information content (AvgIpc) is 1.88. The molecule has 0 fully saturated rings. The van der Waals surface area contributed by atoms with Crippen molar-refractivity contribution in [1.29, 1.82) is 0 Å². The van der Waals surface area contributed by atoms with Gasteiger partial charge in [-0.25, -0.2) is 0 Å². The summed E-state index contributed by atoms with van der Waals surface area (Å²) >= 11 is 7.44. The maximum absolute atomic E-state index is 12.4. The standard InChI is InChI=1S/C6H3ClF.HI.Zn/c7-5-2-1-3-6(8)4-5;;/h1,3-4H;1H;/q;;+1/p-1. The van der Waals surface area contributed by atoms with Crippen LogP contribution in [-0.4, -0.2) is 0 Å². The van der Waals surface area contributed by atoms with E-state index in [9.17, 15) is 4.39 Å². The number of rotatable bonds is 1. The third kappa shape index (κ3) is 2.14. The molecule has 1 aromatic carbocycles. The summed E-state index contributed by atoms with van der Waals surface area (Å²) in [5, 5.41) is 0.592. The molecule has 0 saturated heterocycles. The van der Waals surface area contributed by atoms with Crippen LogP contribution in [0.1, 0.15) is 0 Å². The SMILES string of the molecule is Fc1cc[c]([Zn][I])c(Cl)c1. The van der Waals surface area contributed by atoms with E-state index in [2.05, 4.69) is 19.8 Å². The first-order valence-corrected chi connectivity index (χ1v) is 13.6. The summed E-state index contributed by atoms with van der Waals surface area (Å²) < 4.78 is 13.6. The van der Waals surface area contributed by atoms with E-state index in [1.165, 1.54) is 12.1 Å². The van der Waals surface area contributed by atoms with Crippen LogP contribution in [0.5, 0.6) is 0 Å². The predicted molar refractivity (Wildman–Crippen MR) is 45.1 cm³/mol. The minimum atomic E-state index is -0.667. The van der Waals surface area contributed by atoms with Crippen molar-refractivity contribution in [2.45, 2.75) is 0 Å². The molecule has 0 saturated carbocycles. The van der Waals surface area contributed by atoms with Gasteiger partial charge in [-0.1, -0.05) is 0 Å². The fourth-order valence-corrected chi connectivity index (χ4v) is 6.69. The molecule has 0 N–H and O–H groups in total. The molecule has 0 bridgehead atoms. The summed E-state index contributed by atoms with van der Waals surface area (Å²) in [4.78, 5) is 0. The van der Waals surface area contributed by atoms with E-state index >= 15 is 0 Å². The summed E-state index contributed by atoms with van der Waals surface area (Å²) in [6.07, 6.45) is 0. The van der Waals surface area contributed by atoms with E-state index in [0.29, 0.717) is 5.02 Å². The Morgan fingerprint density at radius 2 is 2.20 bits per heavy atom. The molecule has 0 amide bonds. The van der Waals surface area contributed by atoms with Gasteiger partial charge in [0.05, 0.1) is 0 Å². The summed E-state index contributed by atoms with van der Waals surface area (Å²) in [7, 11) is 0. The Kier molecular flexibility index (Phi) is 3.54. The van der Waals surface area contributed by atoms with Gasteiger partial charge in [-0.05, 0) is 0 Å². The second kappa shape index (κ2) is 3.98. The number of hydrogen-bond acceptors (Lipinski definition) is 0. The van der Waals surface area contributed by atoms with Crippen molar-refractivity contribution < 1.29 is 18.0 Å². The second-order valence-corrected chi connectivity index (χ2v) is 8.40. The van der Waals surface area contributed by atoms with E-state index in [-0.39, 0.29) is 5.82 Å². The van der Waals surface area contributed by atoms with Gasteiger partial charge in [0.25, 0.3) is 0 Å². The van der Waals surface area contributed by atoms with Crippen molar-refractivity contribution in [3.8, 4) is 0 Å². The first-order chi connectivity index (χ1) is 4.74. The first kappa shape index (κ1) is 8.89. The van der Waals surface area contributed by atoms with Crippen molar-refractivity contribution in [3.05, 3.63) is 29.0 Å². The quantitative estimate of drug-likeness (QED) is 0.551. The van der Waals surface area contributed by atoms with Gasteiger partial charge in [0.15, 0.2) is 0 Å². The Morgan fingerprint density at radius 1 is 1.50 bits per heavy atom. The van der Waals surface area contributed by atoms with Gasteiger partial charge in [0, 0.05) is 0 Å². The van der Waals surface area contributed by atoms with Crippen molar-refractivity contribution in [3.63, 3.8) is 0 Å². The fourth-order valence-electron chi connectivity index (χ4n) is 0.630. The summed E-state index contributed by atoms with van der Waals surface area (Å²) in [6, 6.07) is 4.62. The molecule has 50 valence electrons. The summed E-state index contributed by atoms with van der Waals surface area (Å²) in [5.41, 5.74) is 0. The van der Waals surface area contributed by atoms with Crippen LogP contribution >= 0.6 is 31.4 Å². The molecule has 0 unspecified atom stereocenters. The van der Waals surface area contributed by atoms with Crippen LogP contribution in [0, 0.1) is 5.82 Å². The van der Waals surface area contributed by atoms with Crippen LogP contribution in [0.4, 0.5) is 4.39 Å². The Labute approximate surface area is 81.9 Å². The van der Waals surface area contributed by atoms with Crippen LogP contribution in [-0.2, 0) is 13.6 Å². The van der Waals surface area contributed by atoms with E-state index in [1.54, 1.807) is 6.07 Å². The molecule has 10 heavy (non-hydrogen) atoms. The molecule has 0 nitrogen and oxygen atoms in total. The molecule has 4 heteroatoms. The molecule has 0 heterocycles. The first-order valence-electron chi connectivity index (χ1n) is 2.74. The molecule has 0 aliphatic heterocycles. The predicted octanol–water partition coefficient (Wildman–Crippen LogP) is 2.54. The zero-order chi connectivity index (χ0) is 7.56. The third-order valence-electron chi connectivity index (χ3n) is 1.16. The monoisotopic (exact) mass is 320 g/mol. The maximum atomic E-state index is 12.4. The molecule has 0 radical (unpaired) electrons. The van der Waals surface area contributed by atoms with Crippen LogP contribution in [0.25, 0.3) is 0 Å². The van der Waals surface area contributed by atoms with Crippen molar-refractivity contribution in [1.82, 2.24) is 0 Å². The van der Waals surface area contributed by atoms with Gasteiger partial charge in [0.1, 0.15) is 0 Å². The van der Waals surface area contributed by atoms with Gasteiger partial charge >= 0.3 is 82.6 Å². The fraction of sp³-hybridized carbons (Fsp3) is 0. The summed E-state index contributed by atoms with van der Waals surface area (Å²) in [6.45, 7) is 0. The normalized spacial score (nSPS) is 9.10. The van der Waals surface area contributed by atoms with E-state index in [4.69, 9.17) is 11.6 Å². The van der Waals surface area contributed by atoms with Crippen LogP contribution in [0.2, 0.25) is 5.02 Å². The zero-order valence-corrected chi connectivity index (χ0v) is 11.0. The number of hydrogen-bond donors (Lipinski definition) is 0. The Hall–Kier alpha value is 0.793. The molecule has 0 atom stereocenters. The van der Waals surface area contributed by atoms with Gasteiger partial charge in [-0.15, -0.1) is 0 Å². The average molecular weight is 322 g/mol. The van der Waals surface area contributed by atoms with Gasteiger partial charge in [-0.3, -0.25) is 0 Å². The Bertz CT molecular complexity index is 241. The van der Waals surface area contributed by atoms with E-state index in [0.717, 1.165) is 4.16 Å². The number of benzene rings is 1. The Morgan fingerprint density at radius 3 is 2.70 bits per heavy atom. The van der Waals surface area contributed by atoms with Crippen LogP contribution in [0.15, 0.2) is 18.2 Å². The van der Waals surface area contributed by atoms with Crippen molar-refractivity contribution in [2.24, 2.45) is 0 Å². The van der Waals surface area contributed by atoms with Crippen LogP contribution in [0.3, 0.4) is 0 Å².